The standard InChI is InChI=1S/C15H14N4O/c1-11-5-4-10-17-14(11)15(20)19-13-8-2-6-12(18-13)7-3-9-16/h2,4-6,8,10H,9,16H2,1H3,(H,18,19,20). The van der Waals surface area contributed by atoms with Crippen molar-refractivity contribution in [2.75, 3.05) is 11.9 Å². The van der Waals surface area contributed by atoms with Crippen molar-refractivity contribution in [1.82, 2.24) is 9.97 Å². The lowest BCUT2D eigenvalue weighted by Gasteiger charge is -2.06. The van der Waals surface area contributed by atoms with Crippen LogP contribution in [0.2, 0.25) is 0 Å². The quantitative estimate of drug-likeness (QED) is 0.804. The van der Waals surface area contributed by atoms with Crippen molar-refractivity contribution < 1.29 is 4.79 Å². The van der Waals surface area contributed by atoms with Crippen LogP contribution in [0.5, 0.6) is 0 Å². The van der Waals surface area contributed by atoms with E-state index in [0.717, 1.165) is 5.56 Å². The van der Waals surface area contributed by atoms with E-state index in [1.165, 1.54) is 0 Å². The number of rotatable bonds is 2. The van der Waals surface area contributed by atoms with Gasteiger partial charge in [0.05, 0.1) is 6.54 Å². The van der Waals surface area contributed by atoms with Crippen molar-refractivity contribution in [1.29, 1.82) is 0 Å². The van der Waals surface area contributed by atoms with Crippen LogP contribution < -0.4 is 11.1 Å². The Morgan fingerprint density at radius 3 is 2.95 bits per heavy atom. The Morgan fingerprint density at radius 1 is 1.35 bits per heavy atom. The largest absolute Gasteiger partial charge is 0.320 e. The van der Waals surface area contributed by atoms with Crippen LogP contribution in [0.3, 0.4) is 0 Å². The van der Waals surface area contributed by atoms with E-state index >= 15 is 0 Å². The number of pyridine rings is 2. The van der Waals surface area contributed by atoms with Gasteiger partial charge in [-0.05, 0) is 36.6 Å². The van der Waals surface area contributed by atoms with Crippen molar-refractivity contribution in [3.05, 3.63) is 53.5 Å². The van der Waals surface area contributed by atoms with Crippen LogP contribution >= 0.6 is 0 Å². The highest BCUT2D eigenvalue weighted by molar-refractivity contribution is 6.03. The highest BCUT2D eigenvalue weighted by Gasteiger charge is 2.10. The molecule has 0 saturated heterocycles. The van der Waals surface area contributed by atoms with Gasteiger partial charge in [0.1, 0.15) is 17.2 Å². The molecule has 3 N–H and O–H groups in total. The number of nitrogens with zero attached hydrogens (tertiary/aromatic N) is 2. The number of aryl methyl sites for hydroxylation is 1. The van der Waals surface area contributed by atoms with Crippen LogP contribution in [0, 0.1) is 18.8 Å². The Bertz CT molecular complexity index is 686. The lowest BCUT2D eigenvalue weighted by atomic mass is 10.2. The minimum Gasteiger partial charge on any atom is -0.320 e. The maximum atomic E-state index is 12.1. The molecule has 5 heteroatoms. The molecule has 5 nitrogen and oxygen atoms in total. The van der Waals surface area contributed by atoms with Crippen LogP contribution in [0.15, 0.2) is 36.5 Å². The topological polar surface area (TPSA) is 80.9 Å². The van der Waals surface area contributed by atoms with Crippen LogP contribution in [-0.2, 0) is 0 Å². The minimum absolute atomic E-state index is 0.269. The van der Waals surface area contributed by atoms with Gasteiger partial charge >= 0.3 is 0 Å². The van der Waals surface area contributed by atoms with Gasteiger partial charge in [-0.3, -0.25) is 9.78 Å². The fourth-order valence-electron chi connectivity index (χ4n) is 1.61. The molecule has 0 atom stereocenters. The molecule has 0 bridgehead atoms. The average molecular weight is 266 g/mol. The van der Waals surface area contributed by atoms with E-state index in [9.17, 15) is 4.79 Å². The number of anilines is 1. The molecule has 100 valence electrons. The lowest BCUT2D eigenvalue weighted by Crippen LogP contribution is -2.16. The number of hydrogen-bond acceptors (Lipinski definition) is 4. The van der Waals surface area contributed by atoms with Gasteiger partial charge in [0.2, 0.25) is 0 Å². The zero-order valence-corrected chi connectivity index (χ0v) is 11.1. The van der Waals surface area contributed by atoms with E-state index < -0.39 is 0 Å². The van der Waals surface area contributed by atoms with Crippen LogP contribution in [0.1, 0.15) is 21.7 Å². The third-order valence-electron chi connectivity index (χ3n) is 2.53. The Labute approximate surface area is 117 Å². The first kappa shape index (κ1) is 13.7. The lowest BCUT2D eigenvalue weighted by molar-refractivity contribution is 0.102. The average Bonchev–Trinajstić information content (AvgIpc) is 2.46. The molecule has 0 aliphatic heterocycles. The van der Waals surface area contributed by atoms with Gasteiger partial charge in [0, 0.05) is 6.20 Å². The molecule has 1 amide bonds. The van der Waals surface area contributed by atoms with E-state index in [1.54, 1.807) is 30.5 Å². The van der Waals surface area contributed by atoms with Gasteiger partial charge < -0.3 is 11.1 Å². The predicted octanol–water partition coefficient (Wildman–Crippen LogP) is 1.35. The maximum absolute atomic E-state index is 12.1. The molecule has 0 aliphatic carbocycles. The van der Waals surface area contributed by atoms with Crippen LogP contribution in [0.4, 0.5) is 5.82 Å². The predicted molar refractivity (Wildman–Crippen MR) is 77.1 cm³/mol. The Morgan fingerprint density at radius 2 is 2.20 bits per heavy atom. The number of carbonyl (C=O) groups excluding carboxylic acids is 1. The van der Waals surface area contributed by atoms with Gasteiger partial charge in [0.15, 0.2) is 0 Å². The first-order chi connectivity index (χ1) is 9.70. The third kappa shape index (κ3) is 3.40. The zero-order chi connectivity index (χ0) is 14.4. The molecule has 0 fully saturated rings. The summed E-state index contributed by atoms with van der Waals surface area (Å²) in [6, 6.07) is 8.84. The van der Waals surface area contributed by atoms with Gasteiger partial charge in [-0.15, -0.1) is 0 Å². The summed E-state index contributed by atoms with van der Waals surface area (Å²) in [6.07, 6.45) is 1.58. The molecule has 2 aromatic heterocycles. The first-order valence-corrected chi connectivity index (χ1v) is 6.09. The first-order valence-electron chi connectivity index (χ1n) is 6.09. The number of hydrogen-bond donors (Lipinski definition) is 2. The Balaban J connectivity index is 2.18. The van der Waals surface area contributed by atoms with E-state index in [4.69, 9.17) is 5.73 Å². The molecular weight excluding hydrogens is 252 g/mol. The van der Waals surface area contributed by atoms with Crippen molar-refractivity contribution >= 4 is 11.7 Å². The minimum atomic E-state index is -0.292. The molecule has 0 aromatic carbocycles. The summed E-state index contributed by atoms with van der Waals surface area (Å²) in [7, 11) is 0. The second-order valence-corrected chi connectivity index (χ2v) is 4.04. The van der Waals surface area contributed by atoms with E-state index in [2.05, 4.69) is 27.1 Å². The molecule has 0 spiro atoms. The molecule has 0 aliphatic rings. The fourth-order valence-corrected chi connectivity index (χ4v) is 1.61. The molecule has 2 aromatic rings. The van der Waals surface area contributed by atoms with Crippen molar-refractivity contribution in [2.24, 2.45) is 5.73 Å². The number of aromatic nitrogens is 2. The molecule has 2 heterocycles. The fraction of sp³-hybridized carbons (Fsp3) is 0.133. The summed E-state index contributed by atoms with van der Waals surface area (Å²) in [5, 5.41) is 2.70. The molecule has 0 saturated carbocycles. The molecular formula is C15H14N4O. The van der Waals surface area contributed by atoms with Gasteiger partial charge in [-0.2, -0.15) is 0 Å². The van der Waals surface area contributed by atoms with E-state index in [0.29, 0.717) is 17.2 Å². The second kappa shape index (κ2) is 6.45. The summed E-state index contributed by atoms with van der Waals surface area (Å²) in [6.45, 7) is 2.10. The molecule has 0 radical (unpaired) electrons. The van der Waals surface area contributed by atoms with Crippen LogP contribution in [-0.4, -0.2) is 22.4 Å². The second-order valence-electron chi connectivity index (χ2n) is 4.04. The SMILES string of the molecule is Cc1cccnc1C(=O)Nc1cccc(C#CCN)n1. The van der Waals surface area contributed by atoms with Crippen molar-refractivity contribution in [2.45, 2.75) is 6.92 Å². The molecule has 20 heavy (non-hydrogen) atoms. The Hall–Kier alpha value is -2.71. The monoisotopic (exact) mass is 266 g/mol. The number of amides is 1. The van der Waals surface area contributed by atoms with E-state index in [-0.39, 0.29) is 12.5 Å². The van der Waals surface area contributed by atoms with Gasteiger partial charge in [-0.25, -0.2) is 4.98 Å². The number of nitrogens with one attached hydrogen (secondary N) is 1. The summed E-state index contributed by atoms with van der Waals surface area (Å²) in [4.78, 5) is 20.4. The van der Waals surface area contributed by atoms with Crippen molar-refractivity contribution in [3.63, 3.8) is 0 Å². The Kier molecular flexibility index (Phi) is 4.43. The van der Waals surface area contributed by atoms with E-state index in [1.807, 2.05) is 13.0 Å². The normalized spacial score (nSPS) is 9.50. The molecule has 0 unspecified atom stereocenters. The third-order valence-corrected chi connectivity index (χ3v) is 2.53. The summed E-state index contributed by atoms with van der Waals surface area (Å²) in [5.74, 6) is 5.67. The number of nitrogens with two attached hydrogens (primary N) is 1. The summed E-state index contributed by atoms with van der Waals surface area (Å²) < 4.78 is 0. The van der Waals surface area contributed by atoms with Crippen molar-refractivity contribution in [3.8, 4) is 11.8 Å². The summed E-state index contributed by atoms with van der Waals surface area (Å²) in [5.41, 5.74) is 7.06. The number of carbonyl (C=O) groups is 1. The molecule has 2 rings (SSSR count). The van der Waals surface area contributed by atoms with Crippen LogP contribution in [0.25, 0.3) is 0 Å². The highest BCUT2D eigenvalue weighted by atomic mass is 16.1. The highest BCUT2D eigenvalue weighted by Crippen LogP contribution is 2.08. The van der Waals surface area contributed by atoms with Gasteiger partial charge in [-0.1, -0.05) is 18.1 Å². The maximum Gasteiger partial charge on any atom is 0.275 e. The van der Waals surface area contributed by atoms with Gasteiger partial charge in [0.25, 0.3) is 5.91 Å². The smallest absolute Gasteiger partial charge is 0.275 e. The zero-order valence-electron chi connectivity index (χ0n) is 11.1. The summed E-state index contributed by atoms with van der Waals surface area (Å²) >= 11 is 0.